The quantitative estimate of drug-likeness (QED) is 0.871. The minimum atomic E-state index is 0.0616. The van der Waals surface area contributed by atoms with Crippen LogP contribution in [0.25, 0.3) is 0 Å². The first-order chi connectivity index (χ1) is 8.19. The molecule has 17 heavy (non-hydrogen) atoms. The molecule has 0 saturated heterocycles. The van der Waals surface area contributed by atoms with Crippen molar-refractivity contribution in [2.45, 2.75) is 44.2 Å². The van der Waals surface area contributed by atoms with Crippen LogP contribution in [0.5, 0.6) is 0 Å². The largest absolute Gasteiger partial charge is 0.453 e. The lowest BCUT2D eigenvalue weighted by molar-refractivity contribution is -0.0848. The molecule has 1 N–H and O–H groups in total. The van der Waals surface area contributed by atoms with Crippen molar-refractivity contribution in [2.24, 2.45) is 0 Å². The van der Waals surface area contributed by atoms with Crippen LogP contribution in [-0.2, 0) is 4.74 Å². The normalized spacial score (nSPS) is 19.9. The van der Waals surface area contributed by atoms with Crippen LogP contribution < -0.4 is 5.32 Å². The van der Waals surface area contributed by atoms with Crippen molar-refractivity contribution in [1.29, 1.82) is 0 Å². The van der Waals surface area contributed by atoms with Crippen molar-refractivity contribution in [3.8, 4) is 0 Å². The van der Waals surface area contributed by atoms with Crippen LogP contribution in [0, 0.1) is 0 Å². The maximum absolute atomic E-state index is 5.69. The monoisotopic (exact) mass is 301 g/mol. The van der Waals surface area contributed by atoms with E-state index in [1.54, 1.807) is 0 Å². The second-order valence-electron chi connectivity index (χ2n) is 4.70. The Labute approximate surface area is 111 Å². The molecule has 1 saturated carbocycles. The number of methoxy groups -OCH3 is 1. The molecule has 1 unspecified atom stereocenters. The van der Waals surface area contributed by atoms with Gasteiger partial charge in [-0.1, -0.05) is 6.92 Å². The predicted octanol–water partition coefficient (Wildman–Crippen LogP) is 3.65. The molecule has 3 nitrogen and oxygen atoms in total. The van der Waals surface area contributed by atoms with Crippen LogP contribution in [0.4, 0.5) is 0 Å². The maximum Gasteiger partial charge on any atom is 0.169 e. The van der Waals surface area contributed by atoms with E-state index in [0.29, 0.717) is 0 Å². The second kappa shape index (κ2) is 5.55. The van der Waals surface area contributed by atoms with Gasteiger partial charge in [0.25, 0.3) is 0 Å². The fourth-order valence-electron chi connectivity index (χ4n) is 2.47. The number of hydrogen-bond acceptors (Lipinski definition) is 3. The molecule has 1 aliphatic carbocycles. The summed E-state index contributed by atoms with van der Waals surface area (Å²) in [6.45, 7) is 3.05. The van der Waals surface area contributed by atoms with Crippen molar-refractivity contribution in [2.75, 3.05) is 13.7 Å². The van der Waals surface area contributed by atoms with Crippen LogP contribution >= 0.6 is 15.9 Å². The summed E-state index contributed by atoms with van der Waals surface area (Å²) < 4.78 is 12.1. The Balaban J connectivity index is 2.06. The molecule has 0 amide bonds. The Hall–Kier alpha value is -0.320. The van der Waals surface area contributed by atoms with E-state index < -0.39 is 0 Å². The van der Waals surface area contributed by atoms with Crippen LogP contribution in [0.2, 0.25) is 0 Å². The molecule has 1 fully saturated rings. The van der Waals surface area contributed by atoms with Crippen molar-refractivity contribution >= 4 is 15.9 Å². The van der Waals surface area contributed by atoms with E-state index in [0.717, 1.165) is 36.2 Å². The summed E-state index contributed by atoms with van der Waals surface area (Å²) in [5.41, 5.74) is 0.0616. The molecule has 2 rings (SSSR count). The highest BCUT2D eigenvalue weighted by atomic mass is 79.9. The zero-order valence-electron chi connectivity index (χ0n) is 10.5. The minimum absolute atomic E-state index is 0.0616. The lowest BCUT2D eigenvalue weighted by Gasteiger charge is -2.42. The topological polar surface area (TPSA) is 34.4 Å². The van der Waals surface area contributed by atoms with Gasteiger partial charge in [0.05, 0.1) is 11.6 Å². The van der Waals surface area contributed by atoms with Gasteiger partial charge in [-0.2, -0.15) is 0 Å². The molecule has 0 aliphatic heterocycles. The van der Waals surface area contributed by atoms with Gasteiger partial charge in [0, 0.05) is 7.11 Å². The summed E-state index contributed by atoms with van der Waals surface area (Å²) in [6.07, 6.45) is 4.58. The summed E-state index contributed by atoms with van der Waals surface area (Å²) in [6, 6.07) is 4.21. The van der Waals surface area contributed by atoms with E-state index in [2.05, 4.69) is 28.2 Å². The van der Waals surface area contributed by atoms with E-state index >= 15 is 0 Å². The third-order valence-electron chi connectivity index (χ3n) is 3.66. The molecule has 0 aromatic carbocycles. The molecular formula is C13H20BrNO2. The predicted molar refractivity (Wildman–Crippen MR) is 71.0 cm³/mol. The molecule has 1 aromatic rings. The van der Waals surface area contributed by atoms with Gasteiger partial charge in [-0.3, -0.25) is 0 Å². The zero-order chi connectivity index (χ0) is 12.3. The number of furan rings is 1. The summed E-state index contributed by atoms with van der Waals surface area (Å²) in [5, 5.41) is 3.48. The van der Waals surface area contributed by atoms with Gasteiger partial charge in [0.15, 0.2) is 4.67 Å². The number of ether oxygens (including phenoxy) is 1. The zero-order valence-corrected chi connectivity index (χ0v) is 12.0. The summed E-state index contributed by atoms with van der Waals surface area (Å²) in [4.78, 5) is 0. The first-order valence-electron chi connectivity index (χ1n) is 6.23. The Morgan fingerprint density at radius 1 is 1.53 bits per heavy atom. The standard InChI is InChI=1S/C13H20BrNO2/c1-3-15-10(11-5-6-12(14)17-11)9-13(16-2)7-4-8-13/h5-6,10,15H,3-4,7-9H2,1-2H3. The smallest absolute Gasteiger partial charge is 0.169 e. The van der Waals surface area contributed by atoms with Gasteiger partial charge in [0.2, 0.25) is 0 Å². The number of hydrogen-bond donors (Lipinski definition) is 1. The molecule has 1 heterocycles. The Morgan fingerprint density at radius 3 is 2.71 bits per heavy atom. The minimum Gasteiger partial charge on any atom is -0.453 e. The second-order valence-corrected chi connectivity index (χ2v) is 5.48. The van der Waals surface area contributed by atoms with Gasteiger partial charge in [-0.25, -0.2) is 0 Å². The highest BCUT2D eigenvalue weighted by Gasteiger charge is 2.39. The van der Waals surface area contributed by atoms with Crippen molar-refractivity contribution in [3.05, 3.63) is 22.6 Å². The Kier molecular flexibility index (Phi) is 4.28. The lowest BCUT2D eigenvalue weighted by Crippen LogP contribution is -2.42. The average Bonchev–Trinajstić information content (AvgIpc) is 2.69. The first kappa shape index (κ1) is 13.1. The van der Waals surface area contributed by atoms with E-state index in [9.17, 15) is 0 Å². The highest BCUT2D eigenvalue weighted by molar-refractivity contribution is 9.10. The van der Waals surface area contributed by atoms with Gasteiger partial charge < -0.3 is 14.5 Å². The molecule has 1 aromatic heterocycles. The molecule has 4 heteroatoms. The molecule has 96 valence electrons. The molecule has 0 spiro atoms. The average molecular weight is 302 g/mol. The Bertz CT molecular complexity index is 355. The third-order valence-corrected chi connectivity index (χ3v) is 4.09. The van der Waals surface area contributed by atoms with Crippen molar-refractivity contribution < 1.29 is 9.15 Å². The summed E-state index contributed by atoms with van der Waals surface area (Å²) in [5.74, 6) is 0.988. The molecule has 1 atom stereocenters. The number of rotatable bonds is 6. The Morgan fingerprint density at radius 2 is 2.29 bits per heavy atom. The summed E-state index contributed by atoms with van der Waals surface area (Å²) in [7, 11) is 1.82. The van der Waals surface area contributed by atoms with E-state index in [4.69, 9.17) is 9.15 Å². The SMILES string of the molecule is CCNC(CC1(OC)CCC1)c1ccc(Br)o1. The third kappa shape index (κ3) is 2.92. The van der Waals surface area contributed by atoms with Crippen LogP contribution in [0.3, 0.4) is 0 Å². The number of nitrogens with one attached hydrogen (secondary N) is 1. The molecule has 1 aliphatic rings. The first-order valence-corrected chi connectivity index (χ1v) is 7.02. The lowest BCUT2D eigenvalue weighted by atomic mass is 9.75. The highest BCUT2D eigenvalue weighted by Crippen LogP contribution is 2.42. The fourth-order valence-corrected chi connectivity index (χ4v) is 2.79. The van der Waals surface area contributed by atoms with Gasteiger partial charge in [-0.05, 0) is 60.3 Å². The van der Waals surface area contributed by atoms with Crippen molar-refractivity contribution in [1.82, 2.24) is 5.32 Å². The maximum atomic E-state index is 5.69. The van der Waals surface area contributed by atoms with Gasteiger partial charge >= 0.3 is 0 Å². The van der Waals surface area contributed by atoms with Gasteiger partial charge in [-0.15, -0.1) is 0 Å². The van der Waals surface area contributed by atoms with Crippen LogP contribution in [0.1, 0.15) is 44.4 Å². The van der Waals surface area contributed by atoms with Crippen molar-refractivity contribution in [3.63, 3.8) is 0 Å². The fraction of sp³-hybridized carbons (Fsp3) is 0.692. The molecule has 0 bridgehead atoms. The van der Waals surface area contributed by atoms with Crippen LogP contribution in [-0.4, -0.2) is 19.3 Å². The van der Waals surface area contributed by atoms with E-state index in [1.165, 1.54) is 6.42 Å². The van der Waals surface area contributed by atoms with E-state index in [-0.39, 0.29) is 11.6 Å². The van der Waals surface area contributed by atoms with Gasteiger partial charge in [0.1, 0.15) is 5.76 Å². The molecule has 0 radical (unpaired) electrons. The van der Waals surface area contributed by atoms with Crippen LogP contribution in [0.15, 0.2) is 21.2 Å². The van der Waals surface area contributed by atoms with E-state index in [1.807, 2.05) is 19.2 Å². The summed E-state index contributed by atoms with van der Waals surface area (Å²) >= 11 is 3.35. The molecular weight excluding hydrogens is 282 g/mol. The number of halogens is 1.